The summed E-state index contributed by atoms with van der Waals surface area (Å²) in [6, 6.07) is 12.7. The fourth-order valence-electron chi connectivity index (χ4n) is 2.58. The Morgan fingerprint density at radius 3 is 2.67 bits per heavy atom. The van der Waals surface area contributed by atoms with Crippen molar-refractivity contribution in [2.45, 2.75) is 11.8 Å². The van der Waals surface area contributed by atoms with Crippen LogP contribution in [0.5, 0.6) is 11.5 Å². The van der Waals surface area contributed by atoms with E-state index in [1.165, 1.54) is 18.2 Å². The van der Waals surface area contributed by atoms with E-state index in [9.17, 15) is 8.42 Å². The molecular weight excluding hydrogens is 424 g/mol. The van der Waals surface area contributed by atoms with E-state index in [4.69, 9.17) is 26.9 Å². The van der Waals surface area contributed by atoms with Crippen molar-refractivity contribution in [3.63, 3.8) is 0 Å². The van der Waals surface area contributed by atoms with Crippen LogP contribution < -0.4 is 20.0 Å². The quantitative estimate of drug-likeness (QED) is 0.292. The molecule has 3 aromatic rings. The van der Waals surface area contributed by atoms with Crippen molar-refractivity contribution in [2.24, 2.45) is 5.73 Å². The SMILES string of the molecule is Cc1cc(OCCNc2ccnnc2)cc(OS(=O)(=O)c2cccc(C(N)=S)c2)c1. The van der Waals surface area contributed by atoms with E-state index in [-0.39, 0.29) is 15.6 Å². The summed E-state index contributed by atoms with van der Waals surface area (Å²) in [7, 11) is -4.06. The van der Waals surface area contributed by atoms with E-state index in [2.05, 4.69) is 15.5 Å². The van der Waals surface area contributed by atoms with Crippen molar-refractivity contribution >= 4 is 33.0 Å². The minimum absolute atomic E-state index is 0.0352. The minimum Gasteiger partial charge on any atom is -0.492 e. The fraction of sp³-hybridized carbons (Fsp3) is 0.150. The van der Waals surface area contributed by atoms with Gasteiger partial charge in [-0.2, -0.15) is 18.6 Å². The molecular formula is C20H20N4O4S2. The zero-order chi connectivity index (χ0) is 21.6. The van der Waals surface area contributed by atoms with E-state index in [0.29, 0.717) is 24.5 Å². The standard InChI is InChI=1S/C20H20N4O4S2/c1-14-9-17(27-8-7-22-16-5-6-23-24-13-16)12-18(10-14)28-30(25,26)19-4-2-3-15(11-19)20(21)29/h2-6,9-13H,7-8H2,1H3,(H2,21,29)(H,22,23). The largest absolute Gasteiger partial charge is 0.492 e. The van der Waals surface area contributed by atoms with Gasteiger partial charge in [-0.1, -0.05) is 24.4 Å². The molecule has 0 spiro atoms. The highest BCUT2D eigenvalue weighted by atomic mass is 32.2. The first-order valence-electron chi connectivity index (χ1n) is 8.93. The van der Waals surface area contributed by atoms with E-state index in [1.54, 1.807) is 42.7 Å². The molecule has 3 N–H and O–H groups in total. The lowest BCUT2D eigenvalue weighted by Gasteiger charge is -2.12. The van der Waals surface area contributed by atoms with Gasteiger partial charge in [-0.05, 0) is 42.8 Å². The first-order chi connectivity index (χ1) is 14.3. The molecule has 1 heterocycles. The van der Waals surface area contributed by atoms with Gasteiger partial charge in [-0.15, -0.1) is 0 Å². The lowest BCUT2D eigenvalue weighted by Crippen LogP contribution is -2.14. The normalized spacial score (nSPS) is 11.0. The molecule has 0 aliphatic rings. The summed E-state index contributed by atoms with van der Waals surface area (Å²) in [5.41, 5.74) is 7.64. The molecule has 0 aliphatic carbocycles. The predicted octanol–water partition coefficient (Wildman–Crippen LogP) is 2.68. The van der Waals surface area contributed by atoms with Gasteiger partial charge in [0.05, 0.1) is 18.1 Å². The Labute approximate surface area is 180 Å². The molecule has 0 radical (unpaired) electrons. The maximum Gasteiger partial charge on any atom is 0.339 e. The third-order valence-corrected chi connectivity index (χ3v) is 5.40. The number of aromatic nitrogens is 2. The Bertz CT molecular complexity index is 1140. The van der Waals surface area contributed by atoms with E-state index in [0.717, 1.165) is 11.3 Å². The van der Waals surface area contributed by atoms with Gasteiger partial charge < -0.3 is 20.0 Å². The summed E-state index contributed by atoms with van der Waals surface area (Å²) in [6.45, 7) is 2.70. The lowest BCUT2D eigenvalue weighted by atomic mass is 10.2. The summed E-state index contributed by atoms with van der Waals surface area (Å²) in [5.74, 6) is 0.642. The summed E-state index contributed by atoms with van der Waals surface area (Å²) in [5, 5.41) is 10.6. The maximum atomic E-state index is 12.6. The topological polar surface area (TPSA) is 116 Å². The Kier molecular flexibility index (Phi) is 6.80. The average Bonchev–Trinajstić information content (AvgIpc) is 2.71. The van der Waals surface area contributed by atoms with Gasteiger partial charge in [0.25, 0.3) is 0 Å². The summed E-state index contributed by atoms with van der Waals surface area (Å²) in [6.07, 6.45) is 3.19. The molecule has 8 nitrogen and oxygen atoms in total. The van der Waals surface area contributed by atoms with Crippen molar-refractivity contribution in [3.8, 4) is 11.5 Å². The zero-order valence-corrected chi connectivity index (χ0v) is 17.7. The number of anilines is 1. The predicted molar refractivity (Wildman–Crippen MR) is 117 cm³/mol. The van der Waals surface area contributed by atoms with Crippen LogP contribution in [0.15, 0.2) is 65.8 Å². The Balaban J connectivity index is 1.67. The van der Waals surface area contributed by atoms with Gasteiger partial charge in [-0.25, -0.2) is 0 Å². The molecule has 0 fully saturated rings. The molecule has 0 atom stereocenters. The first-order valence-corrected chi connectivity index (χ1v) is 10.7. The number of hydrogen-bond acceptors (Lipinski definition) is 8. The van der Waals surface area contributed by atoms with Gasteiger partial charge in [0.2, 0.25) is 0 Å². The highest BCUT2D eigenvalue weighted by molar-refractivity contribution is 7.87. The summed E-state index contributed by atoms with van der Waals surface area (Å²) < 4.78 is 36.3. The molecule has 0 bridgehead atoms. The number of nitrogens with two attached hydrogens (primary N) is 1. The van der Waals surface area contributed by atoms with Crippen molar-refractivity contribution in [2.75, 3.05) is 18.5 Å². The Hall–Kier alpha value is -3.24. The molecule has 0 saturated carbocycles. The molecule has 0 saturated heterocycles. The van der Waals surface area contributed by atoms with Crippen LogP contribution >= 0.6 is 12.2 Å². The smallest absolute Gasteiger partial charge is 0.339 e. The second kappa shape index (κ2) is 9.51. The van der Waals surface area contributed by atoms with Crippen LogP contribution in [0.3, 0.4) is 0 Å². The van der Waals surface area contributed by atoms with Crippen LogP contribution in [0.2, 0.25) is 0 Å². The number of ether oxygens (including phenoxy) is 1. The molecule has 30 heavy (non-hydrogen) atoms. The van der Waals surface area contributed by atoms with Crippen molar-refractivity contribution in [3.05, 3.63) is 72.1 Å². The van der Waals surface area contributed by atoms with Gasteiger partial charge in [0.1, 0.15) is 28.0 Å². The zero-order valence-electron chi connectivity index (χ0n) is 16.1. The number of rotatable bonds is 9. The second-order valence-electron chi connectivity index (χ2n) is 6.32. The maximum absolute atomic E-state index is 12.6. The van der Waals surface area contributed by atoms with E-state index < -0.39 is 10.1 Å². The van der Waals surface area contributed by atoms with Crippen LogP contribution in [0, 0.1) is 6.92 Å². The van der Waals surface area contributed by atoms with Crippen LogP contribution in [0.25, 0.3) is 0 Å². The molecule has 3 rings (SSSR count). The van der Waals surface area contributed by atoms with E-state index in [1.807, 2.05) is 6.92 Å². The van der Waals surface area contributed by atoms with Crippen LogP contribution in [0.4, 0.5) is 5.69 Å². The number of benzene rings is 2. The number of hydrogen-bond donors (Lipinski definition) is 2. The lowest BCUT2D eigenvalue weighted by molar-refractivity contribution is 0.331. The fourth-order valence-corrected chi connectivity index (χ4v) is 3.67. The highest BCUT2D eigenvalue weighted by Crippen LogP contribution is 2.26. The molecule has 0 amide bonds. The van der Waals surface area contributed by atoms with Crippen LogP contribution in [-0.4, -0.2) is 36.8 Å². The van der Waals surface area contributed by atoms with Crippen molar-refractivity contribution < 1.29 is 17.3 Å². The molecule has 0 aliphatic heterocycles. The Morgan fingerprint density at radius 1 is 1.13 bits per heavy atom. The third kappa shape index (κ3) is 5.88. The number of thiocarbonyl (C=S) groups is 1. The van der Waals surface area contributed by atoms with Crippen molar-refractivity contribution in [1.29, 1.82) is 0 Å². The molecule has 1 aromatic heterocycles. The first kappa shape index (κ1) is 21.5. The van der Waals surface area contributed by atoms with E-state index >= 15 is 0 Å². The van der Waals surface area contributed by atoms with Crippen molar-refractivity contribution in [1.82, 2.24) is 10.2 Å². The monoisotopic (exact) mass is 444 g/mol. The number of aryl methyl sites for hydroxylation is 1. The van der Waals surface area contributed by atoms with Crippen LogP contribution in [-0.2, 0) is 10.1 Å². The molecule has 10 heteroatoms. The van der Waals surface area contributed by atoms with Gasteiger partial charge in [0, 0.05) is 18.2 Å². The van der Waals surface area contributed by atoms with Gasteiger partial charge in [-0.3, -0.25) is 0 Å². The number of nitrogens with zero attached hydrogens (tertiary/aromatic N) is 2. The van der Waals surface area contributed by atoms with Crippen LogP contribution in [0.1, 0.15) is 11.1 Å². The molecule has 0 unspecified atom stereocenters. The molecule has 156 valence electrons. The molecule has 2 aromatic carbocycles. The van der Waals surface area contributed by atoms with Gasteiger partial charge >= 0.3 is 10.1 Å². The Morgan fingerprint density at radius 2 is 1.93 bits per heavy atom. The average molecular weight is 445 g/mol. The second-order valence-corrected chi connectivity index (χ2v) is 8.30. The highest BCUT2D eigenvalue weighted by Gasteiger charge is 2.18. The van der Waals surface area contributed by atoms with Gasteiger partial charge in [0.15, 0.2) is 0 Å². The minimum atomic E-state index is -4.06. The summed E-state index contributed by atoms with van der Waals surface area (Å²) >= 11 is 4.90. The summed E-state index contributed by atoms with van der Waals surface area (Å²) in [4.78, 5) is 0.0707. The third-order valence-electron chi connectivity index (χ3n) is 3.92. The number of nitrogens with one attached hydrogen (secondary N) is 1.